The fraction of sp³-hybridized carbons (Fsp3) is 0.0141. The van der Waals surface area contributed by atoms with E-state index in [1.807, 2.05) is 0 Å². The number of hydrogen-bond acceptors (Lipinski definition) is 3. The number of para-hydroxylation sites is 5. The summed E-state index contributed by atoms with van der Waals surface area (Å²) in [6.07, 6.45) is 0. The summed E-state index contributed by atoms with van der Waals surface area (Å²) in [7, 11) is 0. The second kappa shape index (κ2) is 16.7. The van der Waals surface area contributed by atoms with Crippen molar-refractivity contribution in [2.75, 3.05) is 14.7 Å². The van der Waals surface area contributed by atoms with E-state index in [2.05, 4.69) is 300 Å². The number of fused-ring (bicyclic) bond motifs is 15. The molecule has 0 saturated heterocycles. The second-order valence-corrected chi connectivity index (χ2v) is 19.5. The van der Waals surface area contributed by atoms with Gasteiger partial charge >= 0.3 is 0 Å². The first-order chi connectivity index (χ1) is 36.8. The van der Waals surface area contributed by atoms with Gasteiger partial charge in [0.2, 0.25) is 0 Å². The molecule has 74 heavy (non-hydrogen) atoms. The molecule has 0 aromatic heterocycles. The lowest BCUT2D eigenvalue weighted by Gasteiger charge is -2.45. The van der Waals surface area contributed by atoms with Crippen molar-refractivity contribution >= 4 is 94.3 Å². The average molecular weight is 942 g/mol. The summed E-state index contributed by atoms with van der Waals surface area (Å²) >= 11 is 0. The third-order valence-electron chi connectivity index (χ3n) is 15.7. The molecule has 2 aliphatic rings. The molecular weight excluding hydrogens is 895 g/mol. The Hall–Kier alpha value is -9.70. The van der Waals surface area contributed by atoms with Gasteiger partial charge in [0.15, 0.2) is 0 Å². The molecule has 1 spiro atoms. The molecule has 3 nitrogen and oxygen atoms in total. The van der Waals surface area contributed by atoms with Gasteiger partial charge in [-0.2, -0.15) is 0 Å². The van der Waals surface area contributed by atoms with Crippen LogP contribution < -0.4 is 14.7 Å². The van der Waals surface area contributed by atoms with E-state index in [1.165, 1.54) is 76.5 Å². The highest BCUT2D eigenvalue weighted by molar-refractivity contribution is 6.20. The van der Waals surface area contributed by atoms with E-state index in [1.54, 1.807) is 0 Å². The van der Waals surface area contributed by atoms with Gasteiger partial charge in [0.1, 0.15) is 0 Å². The Labute approximate surface area is 430 Å². The lowest BCUT2D eigenvalue weighted by atomic mass is 9.64. The molecule has 0 saturated carbocycles. The van der Waals surface area contributed by atoms with Gasteiger partial charge < -0.3 is 14.7 Å². The Bertz CT molecular complexity index is 4060. The van der Waals surface area contributed by atoms with Crippen molar-refractivity contribution in [1.29, 1.82) is 0 Å². The molecule has 1 heterocycles. The van der Waals surface area contributed by atoms with Crippen LogP contribution in [-0.4, -0.2) is 0 Å². The lowest BCUT2D eigenvalue weighted by molar-refractivity contribution is 0.753. The third kappa shape index (κ3) is 6.08. The molecule has 0 amide bonds. The maximum absolute atomic E-state index is 2.58. The molecule has 346 valence electrons. The Morgan fingerprint density at radius 1 is 0.257 bits per heavy atom. The molecule has 13 aromatic carbocycles. The monoisotopic (exact) mass is 941 g/mol. The van der Waals surface area contributed by atoms with Crippen molar-refractivity contribution in [3.63, 3.8) is 0 Å². The molecule has 3 heteroatoms. The molecule has 0 radical (unpaired) electrons. The van der Waals surface area contributed by atoms with Gasteiger partial charge in [0.25, 0.3) is 0 Å². The summed E-state index contributed by atoms with van der Waals surface area (Å²) in [4.78, 5) is 7.51. The van der Waals surface area contributed by atoms with Crippen LogP contribution in [0.1, 0.15) is 22.3 Å². The van der Waals surface area contributed by atoms with Crippen LogP contribution in [0.25, 0.3) is 54.2 Å². The van der Waals surface area contributed by atoms with Crippen molar-refractivity contribution in [1.82, 2.24) is 0 Å². The Morgan fingerprint density at radius 2 is 0.608 bits per heavy atom. The fourth-order valence-electron chi connectivity index (χ4n) is 12.8. The molecule has 0 unspecified atom stereocenters. The molecule has 0 atom stereocenters. The Balaban J connectivity index is 1.14. The van der Waals surface area contributed by atoms with Crippen LogP contribution in [0.15, 0.2) is 285 Å². The highest BCUT2D eigenvalue weighted by Crippen LogP contribution is 2.67. The van der Waals surface area contributed by atoms with Crippen LogP contribution in [0.2, 0.25) is 0 Å². The molecule has 1 aliphatic heterocycles. The number of rotatable bonds is 7. The van der Waals surface area contributed by atoms with Crippen LogP contribution in [0, 0.1) is 0 Å². The SMILES string of the molecule is c1ccc(N2c3ccccc3C3(c4ccccc42)c2cc(N(c4ccccc4)c4cccc5ccccc45)c4ccccc4c2-c2c3cc(N(c3ccccc3)c3cccc4ccccc34)c3ccccc23)cc1. The van der Waals surface area contributed by atoms with Crippen LogP contribution in [0.4, 0.5) is 51.2 Å². The summed E-state index contributed by atoms with van der Waals surface area (Å²) in [6.45, 7) is 0. The van der Waals surface area contributed by atoms with Crippen LogP contribution in [0.5, 0.6) is 0 Å². The van der Waals surface area contributed by atoms with Gasteiger partial charge in [-0.3, -0.25) is 0 Å². The zero-order chi connectivity index (χ0) is 48.7. The van der Waals surface area contributed by atoms with Crippen molar-refractivity contribution < 1.29 is 0 Å². The van der Waals surface area contributed by atoms with Crippen molar-refractivity contribution in [3.05, 3.63) is 307 Å². The normalized spacial score (nSPS) is 12.9. The Kier molecular flexibility index (Phi) is 9.48. The molecule has 0 fully saturated rings. The Morgan fingerprint density at radius 3 is 1.07 bits per heavy atom. The van der Waals surface area contributed by atoms with Crippen molar-refractivity contribution in [2.45, 2.75) is 5.41 Å². The summed E-state index contributed by atoms with van der Waals surface area (Å²) in [6, 6.07) is 106. The largest absolute Gasteiger partial charge is 0.310 e. The molecular formula is C71H47N3. The van der Waals surface area contributed by atoms with E-state index in [9.17, 15) is 0 Å². The minimum atomic E-state index is -0.803. The summed E-state index contributed by atoms with van der Waals surface area (Å²) in [5.41, 5.74) is 16.9. The number of hydrogen-bond donors (Lipinski definition) is 0. The van der Waals surface area contributed by atoms with Crippen molar-refractivity contribution in [2.24, 2.45) is 0 Å². The van der Waals surface area contributed by atoms with Gasteiger partial charge in [-0.05, 0) is 128 Å². The predicted molar refractivity (Wildman–Crippen MR) is 311 cm³/mol. The first-order valence-corrected chi connectivity index (χ1v) is 25.6. The van der Waals surface area contributed by atoms with E-state index in [4.69, 9.17) is 0 Å². The minimum absolute atomic E-state index is 0.803. The quantitative estimate of drug-likeness (QED) is 0.158. The minimum Gasteiger partial charge on any atom is -0.310 e. The maximum atomic E-state index is 2.58. The number of nitrogens with zero attached hydrogens (tertiary/aromatic N) is 3. The standard InChI is InChI=1S/C71H47N3/c1-4-28-50(29-5-1)72(63-44-22-26-48-24-10-12-34-53(48)63)67-46-61-69(57-38-16-14-36-55(57)67)70-58-39-17-15-37-56(58)68(73(51-30-6-2-7-31-51)64-45-23-27-49-25-11-13-35-54(49)64)47-62(70)71(61)59-40-18-20-42-65(59)74(52-32-8-3-9-33-52)66-43-21-19-41-60(66)71/h1-47H. The molecule has 0 N–H and O–H groups in total. The maximum Gasteiger partial charge on any atom is 0.0756 e. The van der Waals surface area contributed by atoms with Crippen LogP contribution in [0.3, 0.4) is 0 Å². The predicted octanol–water partition coefficient (Wildman–Crippen LogP) is 19.4. The van der Waals surface area contributed by atoms with Gasteiger partial charge in [-0.1, -0.05) is 212 Å². The highest BCUT2D eigenvalue weighted by atomic mass is 15.2. The van der Waals surface area contributed by atoms with Gasteiger partial charge in [0, 0.05) is 38.6 Å². The molecule has 1 aliphatic carbocycles. The second-order valence-electron chi connectivity index (χ2n) is 19.5. The summed E-state index contributed by atoms with van der Waals surface area (Å²) < 4.78 is 0. The average Bonchev–Trinajstić information content (AvgIpc) is 3.94. The summed E-state index contributed by atoms with van der Waals surface area (Å²) in [5, 5.41) is 9.58. The van der Waals surface area contributed by atoms with E-state index in [0.29, 0.717) is 0 Å². The molecule has 0 bridgehead atoms. The van der Waals surface area contributed by atoms with E-state index in [-0.39, 0.29) is 0 Å². The molecule has 13 aromatic rings. The number of anilines is 9. The first kappa shape index (κ1) is 42.0. The first-order valence-electron chi connectivity index (χ1n) is 25.6. The lowest BCUT2D eigenvalue weighted by Crippen LogP contribution is -2.36. The number of benzene rings is 13. The van der Waals surface area contributed by atoms with Gasteiger partial charge in [-0.15, -0.1) is 0 Å². The van der Waals surface area contributed by atoms with Crippen LogP contribution in [-0.2, 0) is 5.41 Å². The molecule has 15 rings (SSSR count). The van der Waals surface area contributed by atoms with Crippen molar-refractivity contribution in [3.8, 4) is 11.1 Å². The van der Waals surface area contributed by atoms with E-state index < -0.39 is 5.41 Å². The smallest absolute Gasteiger partial charge is 0.0756 e. The zero-order valence-corrected chi connectivity index (χ0v) is 40.5. The third-order valence-corrected chi connectivity index (χ3v) is 15.7. The van der Waals surface area contributed by atoms with E-state index >= 15 is 0 Å². The fourth-order valence-corrected chi connectivity index (χ4v) is 12.8. The highest BCUT2D eigenvalue weighted by Gasteiger charge is 2.53. The zero-order valence-electron chi connectivity index (χ0n) is 40.5. The van der Waals surface area contributed by atoms with E-state index in [0.717, 1.165) is 51.2 Å². The summed E-state index contributed by atoms with van der Waals surface area (Å²) in [5.74, 6) is 0. The van der Waals surface area contributed by atoms with Crippen LogP contribution >= 0.6 is 0 Å². The topological polar surface area (TPSA) is 9.72 Å². The van der Waals surface area contributed by atoms with Gasteiger partial charge in [0.05, 0.1) is 39.5 Å². The van der Waals surface area contributed by atoms with Gasteiger partial charge in [-0.25, -0.2) is 0 Å².